The van der Waals surface area contributed by atoms with Crippen molar-refractivity contribution in [2.24, 2.45) is 0 Å². The van der Waals surface area contributed by atoms with E-state index in [1.54, 1.807) is 0 Å². The summed E-state index contributed by atoms with van der Waals surface area (Å²) in [6.45, 7) is 4.71. The summed E-state index contributed by atoms with van der Waals surface area (Å²) in [4.78, 5) is 2.43. The highest BCUT2D eigenvalue weighted by Gasteiger charge is 2.36. The summed E-state index contributed by atoms with van der Waals surface area (Å²) in [5, 5.41) is 14.1. The number of anilines is 3. The van der Waals surface area contributed by atoms with Crippen LogP contribution in [0.25, 0.3) is 109 Å². The van der Waals surface area contributed by atoms with Gasteiger partial charge in [0.25, 0.3) is 0 Å². The summed E-state index contributed by atoms with van der Waals surface area (Å²) >= 11 is 0. The molecule has 0 amide bonds. The molecule has 1 aliphatic rings. The van der Waals surface area contributed by atoms with Crippen molar-refractivity contribution in [2.75, 3.05) is 4.90 Å². The van der Waals surface area contributed by atoms with Gasteiger partial charge in [-0.05, 0) is 120 Å². The van der Waals surface area contributed by atoms with E-state index in [4.69, 9.17) is 8.83 Å². The van der Waals surface area contributed by atoms with Crippen molar-refractivity contribution in [1.82, 2.24) is 0 Å². The fourth-order valence-electron chi connectivity index (χ4n) is 11.3. The van der Waals surface area contributed by atoms with Crippen LogP contribution in [0.3, 0.4) is 0 Å². The minimum atomic E-state index is -0.176. The molecule has 2 heterocycles. The molecule has 300 valence electrons. The van der Waals surface area contributed by atoms with Crippen molar-refractivity contribution in [3.05, 3.63) is 211 Å². The number of furan rings is 2. The van der Waals surface area contributed by atoms with Gasteiger partial charge in [-0.1, -0.05) is 166 Å². The largest absolute Gasteiger partial charge is 0.456 e. The molecule has 2 aromatic heterocycles. The Kier molecular flexibility index (Phi) is 7.17. The number of nitrogens with zero attached hydrogens (tertiary/aromatic N) is 1. The van der Waals surface area contributed by atoms with Crippen LogP contribution in [0, 0.1) is 0 Å². The standard InChI is InChI=1S/C61H39NO2/c1-61(2)50-23-11-9-21-46(50)47-29-27-38(35-51(47)61)62(52-24-13-15-36-14-3-4-16-39(36)52)53-31-30-40(58-59-56(64-60(53)58)33-32-55-57(59)48-22-10-12-25-54(48)63-55)37-26-28-45-43-19-6-5-17-41(43)42-18-7-8-20-44(42)49(45)34-37/h3-35H,1-2H3. The van der Waals surface area contributed by atoms with Gasteiger partial charge in [-0.2, -0.15) is 0 Å². The molecule has 0 unspecified atom stereocenters. The minimum absolute atomic E-state index is 0.176. The van der Waals surface area contributed by atoms with E-state index >= 15 is 0 Å². The van der Waals surface area contributed by atoms with Crippen LogP contribution in [0.1, 0.15) is 25.0 Å². The smallest absolute Gasteiger partial charge is 0.160 e. The molecule has 0 atom stereocenters. The number of fused-ring (bicyclic) bond motifs is 17. The quantitative estimate of drug-likeness (QED) is 0.166. The van der Waals surface area contributed by atoms with E-state index in [1.165, 1.54) is 65.3 Å². The van der Waals surface area contributed by atoms with E-state index < -0.39 is 0 Å². The molecule has 0 saturated heterocycles. The van der Waals surface area contributed by atoms with Crippen molar-refractivity contribution in [2.45, 2.75) is 19.3 Å². The normalized spacial score (nSPS) is 13.3. The van der Waals surface area contributed by atoms with Gasteiger partial charge in [-0.3, -0.25) is 0 Å². The summed E-state index contributed by atoms with van der Waals surface area (Å²) in [7, 11) is 0. The van der Waals surface area contributed by atoms with Gasteiger partial charge in [0.1, 0.15) is 16.7 Å². The number of rotatable bonds is 4. The van der Waals surface area contributed by atoms with Gasteiger partial charge in [-0.15, -0.1) is 0 Å². The summed E-state index contributed by atoms with van der Waals surface area (Å²) < 4.78 is 13.9. The van der Waals surface area contributed by atoms with Crippen LogP contribution in [0.5, 0.6) is 0 Å². The summed E-state index contributed by atoms with van der Waals surface area (Å²) in [6, 6.07) is 72.9. The molecule has 3 heteroatoms. The molecule has 3 nitrogen and oxygen atoms in total. The average molecular weight is 818 g/mol. The van der Waals surface area contributed by atoms with E-state index in [9.17, 15) is 0 Å². The maximum atomic E-state index is 7.32. The van der Waals surface area contributed by atoms with Crippen LogP contribution >= 0.6 is 0 Å². The zero-order valence-corrected chi connectivity index (χ0v) is 35.3. The van der Waals surface area contributed by atoms with Crippen LogP contribution in [-0.4, -0.2) is 0 Å². The van der Waals surface area contributed by atoms with Crippen molar-refractivity contribution in [3.8, 4) is 22.3 Å². The Balaban J connectivity index is 1.11. The molecule has 0 aliphatic heterocycles. The van der Waals surface area contributed by atoms with Gasteiger partial charge >= 0.3 is 0 Å². The number of benzene rings is 11. The first kappa shape index (κ1) is 35.5. The summed E-state index contributed by atoms with van der Waals surface area (Å²) in [5.41, 5.74) is 13.8. The van der Waals surface area contributed by atoms with Gasteiger partial charge in [0.2, 0.25) is 0 Å². The third kappa shape index (κ3) is 4.81. The lowest BCUT2D eigenvalue weighted by molar-refractivity contribution is 0.660. The Morgan fingerprint density at radius 1 is 0.359 bits per heavy atom. The lowest BCUT2D eigenvalue weighted by Gasteiger charge is -2.29. The Labute approximate surface area is 369 Å². The first-order valence-electron chi connectivity index (χ1n) is 22.2. The minimum Gasteiger partial charge on any atom is -0.456 e. The van der Waals surface area contributed by atoms with Crippen LogP contribution in [0.4, 0.5) is 17.1 Å². The van der Waals surface area contributed by atoms with Crippen molar-refractivity contribution < 1.29 is 8.83 Å². The Morgan fingerprint density at radius 2 is 0.969 bits per heavy atom. The van der Waals surface area contributed by atoms with Crippen LogP contribution in [0.15, 0.2) is 209 Å². The number of hydrogen-bond acceptors (Lipinski definition) is 3. The molecule has 13 aromatic rings. The average Bonchev–Trinajstić information content (AvgIpc) is 4.00. The van der Waals surface area contributed by atoms with Crippen LogP contribution in [0.2, 0.25) is 0 Å². The summed E-state index contributed by atoms with van der Waals surface area (Å²) in [6.07, 6.45) is 0. The molecule has 0 bridgehead atoms. The zero-order chi connectivity index (χ0) is 42.3. The maximum absolute atomic E-state index is 7.32. The highest BCUT2D eigenvalue weighted by atomic mass is 16.3. The number of para-hydroxylation sites is 1. The highest BCUT2D eigenvalue weighted by molar-refractivity contribution is 6.31. The fourth-order valence-corrected chi connectivity index (χ4v) is 11.3. The molecule has 0 fully saturated rings. The lowest BCUT2D eigenvalue weighted by Crippen LogP contribution is -2.16. The molecule has 64 heavy (non-hydrogen) atoms. The van der Waals surface area contributed by atoms with Crippen molar-refractivity contribution in [1.29, 1.82) is 0 Å². The van der Waals surface area contributed by atoms with Crippen molar-refractivity contribution in [3.63, 3.8) is 0 Å². The first-order valence-corrected chi connectivity index (χ1v) is 22.2. The van der Waals surface area contributed by atoms with E-state index in [1.807, 2.05) is 6.07 Å². The lowest BCUT2D eigenvalue weighted by atomic mass is 9.82. The van der Waals surface area contributed by atoms with Crippen LogP contribution < -0.4 is 4.90 Å². The van der Waals surface area contributed by atoms with Gasteiger partial charge in [0.05, 0.1) is 11.4 Å². The molecule has 0 saturated carbocycles. The molecule has 0 N–H and O–H groups in total. The van der Waals surface area contributed by atoms with E-state index in [2.05, 4.69) is 213 Å². The molecule has 1 aliphatic carbocycles. The van der Waals surface area contributed by atoms with Crippen molar-refractivity contribution >= 4 is 104 Å². The Morgan fingerprint density at radius 3 is 1.77 bits per heavy atom. The Hall–Kier alpha value is -8.14. The molecule has 14 rings (SSSR count). The monoisotopic (exact) mass is 817 g/mol. The van der Waals surface area contributed by atoms with Gasteiger partial charge in [0, 0.05) is 38.0 Å². The molecule has 11 aromatic carbocycles. The first-order chi connectivity index (χ1) is 31.5. The third-order valence-corrected chi connectivity index (χ3v) is 14.2. The zero-order valence-electron chi connectivity index (χ0n) is 35.3. The van der Waals surface area contributed by atoms with Gasteiger partial charge in [0.15, 0.2) is 5.58 Å². The predicted molar refractivity (Wildman–Crippen MR) is 269 cm³/mol. The predicted octanol–water partition coefficient (Wildman–Crippen LogP) is 17.5. The molecule has 0 radical (unpaired) electrons. The van der Waals surface area contributed by atoms with E-state index in [0.29, 0.717) is 0 Å². The topological polar surface area (TPSA) is 29.5 Å². The highest BCUT2D eigenvalue weighted by Crippen LogP contribution is 2.53. The SMILES string of the molecule is CC1(C)c2ccccc2-c2ccc(N(c3cccc4ccccc34)c3ccc(-c4ccc5c6ccccc6c6ccccc6c5c4)c4c3oc3ccc5oc6ccccc6c5c34)cc21. The van der Waals surface area contributed by atoms with Crippen LogP contribution in [-0.2, 0) is 5.41 Å². The second kappa shape index (κ2) is 12.9. The second-order valence-corrected chi connectivity index (χ2v) is 17.9. The fraction of sp³-hybridized carbons (Fsp3) is 0.0492. The molecular weight excluding hydrogens is 779 g/mol. The molecular formula is C61H39NO2. The Bertz CT molecular complexity index is 4090. The summed E-state index contributed by atoms with van der Waals surface area (Å²) in [5.74, 6) is 0. The second-order valence-electron chi connectivity index (χ2n) is 17.9. The van der Waals surface area contributed by atoms with Gasteiger partial charge < -0.3 is 13.7 Å². The van der Waals surface area contributed by atoms with E-state index in [0.717, 1.165) is 72.1 Å². The van der Waals surface area contributed by atoms with Gasteiger partial charge in [-0.25, -0.2) is 0 Å². The molecule has 0 spiro atoms. The maximum Gasteiger partial charge on any atom is 0.160 e. The van der Waals surface area contributed by atoms with E-state index in [-0.39, 0.29) is 5.41 Å². The number of hydrogen-bond donors (Lipinski definition) is 0. The third-order valence-electron chi connectivity index (χ3n) is 14.2.